The van der Waals surface area contributed by atoms with Gasteiger partial charge in [0.15, 0.2) is 0 Å². The lowest BCUT2D eigenvalue weighted by molar-refractivity contribution is 0.802. The quantitative estimate of drug-likeness (QED) is 0.172. The summed E-state index contributed by atoms with van der Waals surface area (Å²) in [7, 11) is 0. The minimum absolute atomic E-state index is 0.392. The predicted molar refractivity (Wildman–Crippen MR) is 205 cm³/mol. The number of benzene rings is 9. The van der Waals surface area contributed by atoms with Crippen molar-refractivity contribution in [3.8, 4) is 55.6 Å². The van der Waals surface area contributed by atoms with Gasteiger partial charge in [0, 0.05) is 0 Å². The van der Waals surface area contributed by atoms with Gasteiger partial charge in [-0.1, -0.05) is 152 Å². The summed E-state index contributed by atoms with van der Waals surface area (Å²) in [4.78, 5) is 0. The molecule has 0 unspecified atom stereocenters. The van der Waals surface area contributed by atoms with Crippen LogP contribution in [0.5, 0.6) is 0 Å². The highest BCUT2D eigenvalue weighted by Gasteiger charge is 2.52. The van der Waals surface area contributed by atoms with Crippen LogP contribution in [0.4, 0.5) is 0 Å². The second kappa shape index (κ2) is 9.01. The number of fused-ring (bicyclic) bond motifs is 16. The molecule has 0 radical (unpaired) electrons. The molecule has 0 aliphatic heterocycles. The Morgan fingerprint density at radius 3 is 1.67 bits per heavy atom. The van der Waals surface area contributed by atoms with Crippen LogP contribution >= 0.6 is 0 Å². The van der Waals surface area contributed by atoms with Crippen molar-refractivity contribution in [2.75, 3.05) is 0 Å². The summed E-state index contributed by atoms with van der Waals surface area (Å²) in [6.45, 7) is 0. The van der Waals surface area contributed by atoms with Crippen LogP contribution in [0, 0.1) is 0 Å². The van der Waals surface area contributed by atoms with Crippen LogP contribution < -0.4 is 0 Å². The molecule has 0 nitrogen and oxygen atoms in total. The molecule has 12 rings (SSSR count). The Bertz CT molecular complexity index is 2860. The smallest absolute Gasteiger partial charge is 0.0619 e. The SMILES string of the molecule is c1ccc2c(c1)-c1cccc3c(-c4ccc5cc6c(cc5c4)C4(c5ccccc5-c5ccccc54)c4c-6ccc5ccccc45)ccc-2c13. The maximum atomic E-state index is 2.53. The minimum Gasteiger partial charge on any atom is -0.0619 e. The standard InChI is InChI=1S/C49H28/c1-2-11-34-29(10-1)22-23-42-43-27-30-20-21-31(33-24-25-41-36-13-4-3-12-35(36)40-17-9-16-39(33)47(40)41)26-32(30)28-46(43)49(48(34)42)44-18-7-5-14-37(44)38-15-6-8-19-45(38)49/h1-28H. The lowest BCUT2D eigenvalue weighted by atomic mass is 9.69. The number of rotatable bonds is 1. The highest BCUT2D eigenvalue weighted by Crippen LogP contribution is 2.64. The molecule has 1 spiro atoms. The van der Waals surface area contributed by atoms with Gasteiger partial charge in [-0.15, -0.1) is 0 Å². The van der Waals surface area contributed by atoms with E-state index >= 15 is 0 Å². The van der Waals surface area contributed by atoms with Gasteiger partial charge in [0.1, 0.15) is 0 Å². The average Bonchev–Trinajstić information content (AvgIpc) is 3.76. The monoisotopic (exact) mass is 616 g/mol. The Balaban J connectivity index is 1.15. The first-order valence-corrected chi connectivity index (χ1v) is 17.3. The summed E-state index contributed by atoms with van der Waals surface area (Å²) >= 11 is 0. The first kappa shape index (κ1) is 25.8. The van der Waals surface area contributed by atoms with Crippen LogP contribution in [0.15, 0.2) is 170 Å². The Labute approximate surface area is 284 Å². The van der Waals surface area contributed by atoms with E-state index in [4.69, 9.17) is 0 Å². The molecule has 49 heavy (non-hydrogen) atoms. The van der Waals surface area contributed by atoms with Gasteiger partial charge in [0.25, 0.3) is 0 Å². The van der Waals surface area contributed by atoms with Crippen molar-refractivity contribution in [1.29, 1.82) is 0 Å². The van der Waals surface area contributed by atoms with Gasteiger partial charge < -0.3 is 0 Å². The molecule has 224 valence electrons. The van der Waals surface area contributed by atoms with E-state index in [-0.39, 0.29) is 0 Å². The van der Waals surface area contributed by atoms with E-state index in [2.05, 4.69) is 170 Å². The summed E-state index contributed by atoms with van der Waals surface area (Å²) in [5.74, 6) is 0. The average molecular weight is 617 g/mol. The lowest BCUT2D eigenvalue weighted by Crippen LogP contribution is -2.26. The Morgan fingerprint density at radius 2 is 0.878 bits per heavy atom. The van der Waals surface area contributed by atoms with Crippen LogP contribution in [-0.2, 0) is 5.41 Å². The molecule has 0 N–H and O–H groups in total. The van der Waals surface area contributed by atoms with Crippen molar-refractivity contribution in [2.24, 2.45) is 0 Å². The Kier molecular flexibility index (Phi) is 4.74. The van der Waals surface area contributed by atoms with Crippen molar-refractivity contribution in [3.05, 3.63) is 192 Å². The second-order valence-corrected chi connectivity index (χ2v) is 13.9. The molecule has 0 heterocycles. The molecule has 0 aromatic heterocycles. The first-order chi connectivity index (χ1) is 24.3. The Morgan fingerprint density at radius 1 is 0.286 bits per heavy atom. The van der Waals surface area contributed by atoms with E-state index < -0.39 is 5.41 Å². The van der Waals surface area contributed by atoms with Gasteiger partial charge in [0.05, 0.1) is 5.41 Å². The van der Waals surface area contributed by atoms with Crippen LogP contribution in [-0.4, -0.2) is 0 Å². The fourth-order valence-corrected chi connectivity index (χ4v) is 9.89. The van der Waals surface area contributed by atoms with Gasteiger partial charge in [-0.05, 0) is 128 Å². The summed E-state index contributed by atoms with van der Waals surface area (Å²) in [6, 6.07) is 64.3. The molecule has 0 bridgehead atoms. The fraction of sp³-hybridized carbons (Fsp3) is 0.0204. The number of hydrogen-bond acceptors (Lipinski definition) is 0. The van der Waals surface area contributed by atoms with Gasteiger partial charge in [0.2, 0.25) is 0 Å². The van der Waals surface area contributed by atoms with Crippen molar-refractivity contribution >= 4 is 32.3 Å². The molecular formula is C49H28. The minimum atomic E-state index is -0.392. The zero-order valence-corrected chi connectivity index (χ0v) is 26.7. The van der Waals surface area contributed by atoms with Crippen molar-refractivity contribution in [1.82, 2.24) is 0 Å². The van der Waals surface area contributed by atoms with Crippen LogP contribution in [0.25, 0.3) is 88.0 Å². The predicted octanol–water partition coefficient (Wildman–Crippen LogP) is 12.8. The summed E-state index contributed by atoms with van der Waals surface area (Å²) < 4.78 is 0. The zero-order chi connectivity index (χ0) is 31.8. The third kappa shape index (κ3) is 3.07. The van der Waals surface area contributed by atoms with Crippen LogP contribution in [0.2, 0.25) is 0 Å². The van der Waals surface area contributed by atoms with Crippen molar-refractivity contribution < 1.29 is 0 Å². The third-order valence-electron chi connectivity index (χ3n) is 11.8. The van der Waals surface area contributed by atoms with E-state index in [0.29, 0.717) is 0 Å². The van der Waals surface area contributed by atoms with Crippen molar-refractivity contribution in [2.45, 2.75) is 5.41 Å². The molecule has 0 saturated carbocycles. The molecule has 0 fully saturated rings. The molecular weight excluding hydrogens is 589 g/mol. The van der Waals surface area contributed by atoms with Gasteiger partial charge >= 0.3 is 0 Å². The highest BCUT2D eigenvalue weighted by molar-refractivity contribution is 6.19. The van der Waals surface area contributed by atoms with E-state index in [0.717, 1.165) is 0 Å². The van der Waals surface area contributed by atoms with Gasteiger partial charge in [-0.25, -0.2) is 0 Å². The second-order valence-electron chi connectivity index (χ2n) is 13.9. The van der Waals surface area contributed by atoms with Gasteiger partial charge in [-0.2, -0.15) is 0 Å². The molecule has 9 aromatic rings. The summed E-state index contributed by atoms with van der Waals surface area (Å²) in [5, 5.41) is 7.87. The maximum absolute atomic E-state index is 2.53. The van der Waals surface area contributed by atoms with Crippen LogP contribution in [0.3, 0.4) is 0 Å². The summed E-state index contributed by atoms with van der Waals surface area (Å²) in [6.07, 6.45) is 0. The van der Waals surface area contributed by atoms with E-state index in [1.807, 2.05) is 0 Å². The number of hydrogen-bond donors (Lipinski definition) is 0. The Hall–Kier alpha value is -6.24. The van der Waals surface area contributed by atoms with Gasteiger partial charge in [-0.3, -0.25) is 0 Å². The normalized spacial score (nSPS) is 13.9. The van der Waals surface area contributed by atoms with E-state index in [1.54, 1.807) is 0 Å². The molecule has 0 atom stereocenters. The van der Waals surface area contributed by atoms with E-state index in [9.17, 15) is 0 Å². The molecule has 3 aliphatic carbocycles. The topological polar surface area (TPSA) is 0 Å². The lowest BCUT2D eigenvalue weighted by Gasteiger charge is -2.31. The maximum Gasteiger partial charge on any atom is 0.0731 e. The molecule has 0 heteroatoms. The summed E-state index contributed by atoms with van der Waals surface area (Å²) in [5.41, 5.74) is 18.5. The van der Waals surface area contributed by atoms with Crippen LogP contribution in [0.1, 0.15) is 22.3 Å². The first-order valence-electron chi connectivity index (χ1n) is 17.3. The van der Waals surface area contributed by atoms with E-state index in [1.165, 1.54) is 110 Å². The fourth-order valence-electron chi connectivity index (χ4n) is 9.89. The molecule has 0 saturated heterocycles. The third-order valence-corrected chi connectivity index (χ3v) is 11.8. The zero-order valence-electron chi connectivity index (χ0n) is 26.7. The molecule has 9 aromatic carbocycles. The largest absolute Gasteiger partial charge is 0.0731 e. The molecule has 3 aliphatic rings. The van der Waals surface area contributed by atoms with Crippen molar-refractivity contribution in [3.63, 3.8) is 0 Å². The highest BCUT2D eigenvalue weighted by atomic mass is 14.5. The molecule has 0 amide bonds.